The van der Waals surface area contributed by atoms with Crippen LogP contribution in [0.5, 0.6) is 0 Å². The van der Waals surface area contributed by atoms with E-state index in [1.807, 2.05) is 0 Å². The number of benzene rings is 1. The Labute approximate surface area is 125 Å². The minimum atomic E-state index is -0.341. The Morgan fingerprint density at radius 3 is 2.30 bits per heavy atom. The molecule has 0 bridgehead atoms. The Kier molecular flexibility index (Phi) is 5.43. The van der Waals surface area contributed by atoms with Crippen LogP contribution < -0.4 is 5.30 Å². The van der Waals surface area contributed by atoms with Crippen LogP contribution in [0.25, 0.3) is 0 Å². The average molecular weight is 287 g/mol. The fourth-order valence-corrected chi connectivity index (χ4v) is 5.32. The summed E-state index contributed by atoms with van der Waals surface area (Å²) in [5, 5.41) is 3.08. The molecule has 1 aliphatic heterocycles. The lowest BCUT2D eigenvalue weighted by Gasteiger charge is -2.37. The van der Waals surface area contributed by atoms with Gasteiger partial charge in [-0.1, -0.05) is 64.1 Å². The summed E-state index contributed by atoms with van der Waals surface area (Å²) in [7, 11) is -0.341. The van der Waals surface area contributed by atoms with Gasteiger partial charge in [0.05, 0.1) is 8.07 Å². The van der Waals surface area contributed by atoms with Gasteiger partial charge in [0.1, 0.15) is 0 Å². The first kappa shape index (κ1) is 15.3. The van der Waals surface area contributed by atoms with Crippen LogP contribution in [0.2, 0.25) is 0 Å². The van der Waals surface area contributed by atoms with Gasteiger partial charge >= 0.3 is 0 Å². The van der Waals surface area contributed by atoms with E-state index in [-0.39, 0.29) is 8.07 Å². The molecule has 20 heavy (non-hydrogen) atoms. The van der Waals surface area contributed by atoms with Gasteiger partial charge in [0.2, 0.25) is 0 Å². The van der Waals surface area contributed by atoms with Crippen molar-refractivity contribution in [1.82, 2.24) is 4.67 Å². The van der Waals surface area contributed by atoms with Crippen molar-refractivity contribution in [2.45, 2.75) is 40.5 Å². The Morgan fingerprint density at radius 1 is 1.05 bits per heavy atom. The third-order valence-corrected chi connectivity index (χ3v) is 6.09. The molecule has 0 spiro atoms. The standard InChI is InChI=1S/C18H26NP/c1-5-16-12-17(6-2)20(18-10-8-7-9-11-18)19(14-16)13-15(3)4/h7-12,14-15H,5-6,13H2,1-4H3. The molecule has 0 aromatic heterocycles. The van der Waals surface area contributed by atoms with E-state index in [9.17, 15) is 0 Å². The van der Waals surface area contributed by atoms with E-state index in [1.54, 1.807) is 5.31 Å². The molecule has 1 unspecified atom stereocenters. The van der Waals surface area contributed by atoms with Gasteiger partial charge in [-0.25, -0.2) is 0 Å². The van der Waals surface area contributed by atoms with Crippen molar-refractivity contribution in [3.05, 3.63) is 53.5 Å². The van der Waals surface area contributed by atoms with E-state index in [4.69, 9.17) is 0 Å². The summed E-state index contributed by atoms with van der Waals surface area (Å²) in [5.41, 5.74) is 1.47. The van der Waals surface area contributed by atoms with Crippen LogP contribution in [-0.2, 0) is 0 Å². The predicted molar refractivity (Wildman–Crippen MR) is 91.3 cm³/mol. The SMILES string of the molecule is CCC1=CN(CC(C)C)P(c2ccccc2)C(CC)=C1. The van der Waals surface area contributed by atoms with Crippen LogP contribution in [0.15, 0.2) is 53.5 Å². The normalized spacial score (nSPS) is 19.1. The van der Waals surface area contributed by atoms with Crippen LogP contribution in [0.4, 0.5) is 0 Å². The van der Waals surface area contributed by atoms with Crippen molar-refractivity contribution in [3.63, 3.8) is 0 Å². The zero-order valence-electron chi connectivity index (χ0n) is 13.1. The molecule has 108 valence electrons. The van der Waals surface area contributed by atoms with Crippen molar-refractivity contribution in [3.8, 4) is 0 Å². The molecule has 0 amide bonds. The highest BCUT2D eigenvalue weighted by Crippen LogP contribution is 2.52. The number of hydrogen-bond donors (Lipinski definition) is 0. The van der Waals surface area contributed by atoms with E-state index in [1.165, 1.54) is 10.9 Å². The first-order valence-electron chi connectivity index (χ1n) is 7.68. The summed E-state index contributed by atoms with van der Waals surface area (Å²) in [4.78, 5) is 0. The highest BCUT2D eigenvalue weighted by atomic mass is 31.1. The van der Waals surface area contributed by atoms with Crippen LogP contribution in [0.1, 0.15) is 40.5 Å². The largest absolute Gasteiger partial charge is 0.349 e. The topological polar surface area (TPSA) is 3.24 Å². The monoisotopic (exact) mass is 287 g/mol. The van der Waals surface area contributed by atoms with E-state index in [2.05, 4.69) is 75.0 Å². The van der Waals surface area contributed by atoms with E-state index in [0.717, 1.165) is 19.4 Å². The van der Waals surface area contributed by atoms with Crippen molar-refractivity contribution < 1.29 is 0 Å². The molecular weight excluding hydrogens is 261 g/mol. The Hall–Kier alpha value is -1.07. The fraction of sp³-hybridized carbons (Fsp3) is 0.444. The highest BCUT2D eigenvalue weighted by Gasteiger charge is 2.25. The molecule has 2 heteroatoms. The summed E-state index contributed by atoms with van der Waals surface area (Å²) >= 11 is 0. The Morgan fingerprint density at radius 2 is 1.75 bits per heavy atom. The second-order valence-electron chi connectivity index (χ2n) is 5.71. The van der Waals surface area contributed by atoms with Gasteiger partial charge in [0, 0.05) is 18.0 Å². The number of rotatable bonds is 5. The second-order valence-corrected chi connectivity index (χ2v) is 7.94. The van der Waals surface area contributed by atoms with Crippen molar-refractivity contribution in [1.29, 1.82) is 0 Å². The minimum absolute atomic E-state index is 0.341. The molecule has 1 aromatic carbocycles. The summed E-state index contributed by atoms with van der Waals surface area (Å²) in [5.74, 6) is 0.689. The van der Waals surface area contributed by atoms with Crippen molar-refractivity contribution in [2.24, 2.45) is 5.92 Å². The maximum absolute atomic E-state index is 2.60. The molecule has 0 radical (unpaired) electrons. The molecular formula is C18H26NP. The molecule has 1 aromatic rings. The molecule has 0 aliphatic carbocycles. The number of allylic oxidation sites excluding steroid dienone is 3. The Balaban J connectivity index is 2.38. The molecule has 1 heterocycles. The molecule has 1 aliphatic rings. The van der Waals surface area contributed by atoms with Gasteiger partial charge < -0.3 is 4.67 Å². The van der Waals surface area contributed by atoms with Crippen LogP contribution in [0, 0.1) is 5.92 Å². The first-order valence-corrected chi connectivity index (χ1v) is 8.98. The number of hydrogen-bond acceptors (Lipinski definition) is 1. The van der Waals surface area contributed by atoms with E-state index >= 15 is 0 Å². The second kappa shape index (κ2) is 7.09. The third-order valence-electron chi connectivity index (χ3n) is 3.52. The van der Waals surface area contributed by atoms with E-state index < -0.39 is 0 Å². The lowest BCUT2D eigenvalue weighted by Crippen LogP contribution is -2.25. The summed E-state index contributed by atoms with van der Waals surface area (Å²) in [6.07, 6.45) is 7.11. The number of nitrogens with zero attached hydrogens (tertiary/aromatic N) is 1. The molecule has 0 saturated carbocycles. The van der Waals surface area contributed by atoms with Crippen molar-refractivity contribution in [2.75, 3.05) is 6.54 Å². The van der Waals surface area contributed by atoms with Gasteiger partial charge in [-0.3, -0.25) is 0 Å². The minimum Gasteiger partial charge on any atom is -0.349 e. The third kappa shape index (κ3) is 3.52. The Bertz CT molecular complexity index is 487. The molecule has 1 nitrogen and oxygen atoms in total. The van der Waals surface area contributed by atoms with Crippen molar-refractivity contribution >= 4 is 13.4 Å². The van der Waals surface area contributed by atoms with Gasteiger partial charge in [-0.2, -0.15) is 0 Å². The molecule has 0 fully saturated rings. The smallest absolute Gasteiger partial charge is 0.0503 e. The fourth-order valence-electron chi connectivity index (χ4n) is 2.56. The molecule has 2 rings (SSSR count). The molecule has 0 saturated heterocycles. The van der Waals surface area contributed by atoms with Gasteiger partial charge in [-0.15, -0.1) is 0 Å². The summed E-state index contributed by atoms with van der Waals surface area (Å²) in [6.45, 7) is 10.3. The zero-order chi connectivity index (χ0) is 14.5. The lowest BCUT2D eigenvalue weighted by atomic mass is 10.2. The van der Waals surface area contributed by atoms with Gasteiger partial charge in [0.25, 0.3) is 0 Å². The summed E-state index contributed by atoms with van der Waals surface area (Å²) < 4.78 is 2.60. The van der Waals surface area contributed by atoms with E-state index in [0.29, 0.717) is 5.92 Å². The van der Waals surface area contributed by atoms with Gasteiger partial charge in [0.15, 0.2) is 0 Å². The quantitative estimate of drug-likeness (QED) is 0.667. The first-order chi connectivity index (χ1) is 9.65. The predicted octanol–water partition coefficient (Wildman–Crippen LogP) is 5.27. The maximum atomic E-state index is 2.60. The lowest BCUT2D eigenvalue weighted by molar-refractivity contribution is 0.484. The zero-order valence-corrected chi connectivity index (χ0v) is 14.0. The molecule has 0 N–H and O–H groups in total. The van der Waals surface area contributed by atoms with Gasteiger partial charge in [-0.05, 0) is 29.6 Å². The van der Waals surface area contributed by atoms with Crippen LogP contribution in [0.3, 0.4) is 0 Å². The highest BCUT2D eigenvalue weighted by molar-refractivity contribution is 7.67. The average Bonchev–Trinajstić information content (AvgIpc) is 2.46. The summed E-state index contributed by atoms with van der Waals surface area (Å²) in [6, 6.07) is 11.0. The maximum Gasteiger partial charge on any atom is 0.0503 e. The van der Waals surface area contributed by atoms with Crippen LogP contribution >= 0.6 is 8.07 Å². The van der Waals surface area contributed by atoms with Crippen LogP contribution in [-0.4, -0.2) is 11.2 Å². The molecule has 1 atom stereocenters.